The lowest BCUT2D eigenvalue weighted by molar-refractivity contribution is -0.385. The Bertz CT molecular complexity index is 614. The fourth-order valence-electron chi connectivity index (χ4n) is 1.53. The monoisotopic (exact) mass is 275 g/mol. The van der Waals surface area contributed by atoms with Gasteiger partial charge in [0.15, 0.2) is 11.5 Å². The second-order valence-electron chi connectivity index (χ2n) is 4.03. The lowest BCUT2D eigenvalue weighted by Gasteiger charge is -2.09. The lowest BCUT2D eigenvalue weighted by Crippen LogP contribution is -2.01. The molecule has 20 heavy (non-hydrogen) atoms. The van der Waals surface area contributed by atoms with Crippen LogP contribution in [-0.4, -0.2) is 22.0 Å². The van der Waals surface area contributed by atoms with E-state index in [1.54, 1.807) is 12.4 Å². The van der Waals surface area contributed by atoms with Crippen molar-refractivity contribution < 1.29 is 14.4 Å². The normalized spacial score (nSPS) is 10.1. The number of nitro benzene ring substituents is 1. The van der Waals surface area contributed by atoms with Crippen molar-refractivity contribution in [1.29, 1.82) is 0 Å². The molecule has 0 fully saturated rings. The molecule has 0 saturated carbocycles. The summed E-state index contributed by atoms with van der Waals surface area (Å²) in [6.45, 7) is 2.05. The molecule has 0 aliphatic carbocycles. The number of hydrogen-bond donors (Lipinski definition) is 0. The molecule has 1 heterocycles. The lowest BCUT2D eigenvalue weighted by atomic mass is 10.3. The van der Waals surface area contributed by atoms with Gasteiger partial charge in [-0.05, 0) is 13.0 Å². The molecule has 0 unspecified atom stereocenters. The second-order valence-corrected chi connectivity index (χ2v) is 4.03. The van der Waals surface area contributed by atoms with Crippen LogP contribution in [0, 0.1) is 17.0 Å². The van der Waals surface area contributed by atoms with Crippen molar-refractivity contribution in [2.45, 2.75) is 13.5 Å². The summed E-state index contributed by atoms with van der Waals surface area (Å²) in [6, 6.07) is 4.17. The van der Waals surface area contributed by atoms with E-state index >= 15 is 0 Å². The van der Waals surface area contributed by atoms with E-state index in [2.05, 4.69) is 9.97 Å². The minimum Gasteiger partial charge on any atom is -0.493 e. The molecule has 7 nitrogen and oxygen atoms in total. The van der Waals surface area contributed by atoms with Gasteiger partial charge in [-0.1, -0.05) is 0 Å². The fourth-order valence-corrected chi connectivity index (χ4v) is 1.53. The Morgan fingerprint density at radius 2 is 2.05 bits per heavy atom. The quantitative estimate of drug-likeness (QED) is 0.614. The highest BCUT2D eigenvalue weighted by Gasteiger charge is 2.12. The smallest absolute Gasteiger partial charge is 0.273 e. The van der Waals surface area contributed by atoms with Crippen LogP contribution in [0.5, 0.6) is 11.5 Å². The molecule has 0 bridgehead atoms. The van der Waals surface area contributed by atoms with Gasteiger partial charge in [0.05, 0.1) is 35.7 Å². The van der Waals surface area contributed by atoms with Gasteiger partial charge in [0, 0.05) is 12.3 Å². The Labute approximate surface area is 115 Å². The minimum absolute atomic E-state index is 0.0515. The number of aryl methyl sites for hydroxylation is 1. The van der Waals surface area contributed by atoms with E-state index in [-0.39, 0.29) is 12.3 Å². The Balaban J connectivity index is 2.12. The Morgan fingerprint density at radius 3 is 2.65 bits per heavy atom. The number of aromatic nitrogens is 2. The summed E-state index contributed by atoms with van der Waals surface area (Å²) < 4.78 is 10.6. The number of ether oxygens (including phenoxy) is 2. The van der Waals surface area contributed by atoms with Gasteiger partial charge in [0.1, 0.15) is 6.61 Å². The third-order valence-electron chi connectivity index (χ3n) is 2.57. The first-order chi connectivity index (χ1) is 9.60. The Kier molecular flexibility index (Phi) is 4.09. The van der Waals surface area contributed by atoms with Crippen molar-refractivity contribution in [2.75, 3.05) is 7.11 Å². The average molecular weight is 275 g/mol. The largest absolute Gasteiger partial charge is 0.493 e. The van der Waals surface area contributed by atoms with Crippen molar-refractivity contribution in [3.05, 3.63) is 52.1 Å². The zero-order valence-corrected chi connectivity index (χ0v) is 11.1. The minimum atomic E-state index is -0.488. The first kappa shape index (κ1) is 13.7. The molecule has 0 amide bonds. The second kappa shape index (κ2) is 5.96. The Morgan fingerprint density at radius 1 is 1.25 bits per heavy atom. The summed E-state index contributed by atoms with van der Waals surface area (Å²) in [5.74, 6) is 0.722. The van der Waals surface area contributed by atoms with E-state index in [0.717, 1.165) is 5.69 Å². The molecule has 1 aromatic carbocycles. The molecular formula is C13H13N3O4. The molecule has 0 aliphatic heterocycles. The summed E-state index contributed by atoms with van der Waals surface area (Å²) in [7, 11) is 1.43. The zero-order valence-electron chi connectivity index (χ0n) is 11.1. The first-order valence-corrected chi connectivity index (χ1v) is 5.83. The summed E-state index contributed by atoms with van der Waals surface area (Å²) in [6.07, 6.45) is 3.26. The summed E-state index contributed by atoms with van der Waals surface area (Å²) in [5, 5.41) is 10.7. The van der Waals surface area contributed by atoms with E-state index in [1.807, 2.05) is 6.92 Å². The number of non-ortho nitro benzene ring substituents is 1. The van der Waals surface area contributed by atoms with Gasteiger partial charge in [0.25, 0.3) is 5.69 Å². The molecule has 104 valence electrons. The maximum atomic E-state index is 10.7. The highest BCUT2D eigenvalue weighted by molar-refractivity contribution is 5.48. The van der Waals surface area contributed by atoms with Crippen LogP contribution in [0.25, 0.3) is 0 Å². The van der Waals surface area contributed by atoms with E-state index in [4.69, 9.17) is 9.47 Å². The molecule has 0 spiro atoms. The molecule has 0 aliphatic rings. The number of hydrogen-bond acceptors (Lipinski definition) is 6. The van der Waals surface area contributed by atoms with Crippen LogP contribution in [0.15, 0.2) is 30.6 Å². The average Bonchev–Trinajstić information content (AvgIpc) is 2.46. The van der Waals surface area contributed by atoms with E-state index in [0.29, 0.717) is 17.2 Å². The number of rotatable bonds is 5. The van der Waals surface area contributed by atoms with Crippen molar-refractivity contribution in [3.8, 4) is 11.5 Å². The number of nitrogens with zero attached hydrogens (tertiary/aromatic N) is 3. The van der Waals surface area contributed by atoms with Crippen LogP contribution in [-0.2, 0) is 6.61 Å². The summed E-state index contributed by atoms with van der Waals surface area (Å²) in [4.78, 5) is 18.5. The maximum absolute atomic E-state index is 10.7. The summed E-state index contributed by atoms with van der Waals surface area (Å²) in [5.41, 5.74) is 1.43. The van der Waals surface area contributed by atoms with Gasteiger partial charge >= 0.3 is 0 Å². The van der Waals surface area contributed by atoms with E-state index in [1.165, 1.54) is 25.3 Å². The molecule has 0 radical (unpaired) electrons. The van der Waals surface area contributed by atoms with Gasteiger partial charge in [-0.2, -0.15) is 0 Å². The van der Waals surface area contributed by atoms with Crippen molar-refractivity contribution >= 4 is 5.69 Å². The van der Waals surface area contributed by atoms with Crippen LogP contribution in [0.4, 0.5) is 5.69 Å². The van der Waals surface area contributed by atoms with E-state index in [9.17, 15) is 10.1 Å². The van der Waals surface area contributed by atoms with Crippen molar-refractivity contribution in [2.24, 2.45) is 0 Å². The topological polar surface area (TPSA) is 87.4 Å². The molecular weight excluding hydrogens is 262 g/mol. The molecule has 0 N–H and O–H groups in total. The van der Waals surface area contributed by atoms with Crippen molar-refractivity contribution in [3.63, 3.8) is 0 Å². The van der Waals surface area contributed by atoms with Crippen LogP contribution in [0.3, 0.4) is 0 Å². The zero-order chi connectivity index (χ0) is 14.5. The van der Waals surface area contributed by atoms with Gasteiger partial charge in [-0.3, -0.25) is 20.1 Å². The molecule has 0 atom stereocenters. The molecule has 0 saturated heterocycles. The third-order valence-corrected chi connectivity index (χ3v) is 2.57. The molecule has 1 aromatic heterocycles. The SMILES string of the molecule is COc1cc([N+](=O)[O-])ccc1OCc1cnc(C)cn1. The maximum Gasteiger partial charge on any atom is 0.273 e. The molecule has 7 heteroatoms. The van der Waals surface area contributed by atoms with Crippen molar-refractivity contribution in [1.82, 2.24) is 9.97 Å². The van der Waals surface area contributed by atoms with E-state index < -0.39 is 4.92 Å². The standard InChI is InChI=1S/C13H13N3O4/c1-9-6-15-10(7-14-9)8-20-12-4-3-11(16(17)18)5-13(12)19-2/h3-7H,8H2,1-2H3. The van der Waals surface area contributed by atoms with Crippen LogP contribution >= 0.6 is 0 Å². The fraction of sp³-hybridized carbons (Fsp3) is 0.231. The molecule has 2 rings (SSSR count). The van der Waals surface area contributed by atoms with Gasteiger partial charge < -0.3 is 9.47 Å². The van der Waals surface area contributed by atoms with Gasteiger partial charge in [-0.15, -0.1) is 0 Å². The van der Waals surface area contributed by atoms with Crippen LogP contribution in [0.1, 0.15) is 11.4 Å². The van der Waals surface area contributed by atoms with Crippen LogP contribution < -0.4 is 9.47 Å². The van der Waals surface area contributed by atoms with Gasteiger partial charge in [-0.25, -0.2) is 0 Å². The summed E-state index contributed by atoms with van der Waals surface area (Å²) >= 11 is 0. The number of benzene rings is 1. The van der Waals surface area contributed by atoms with Crippen LogP contribution in [0.2, 0.25) is 0 Å². The highest BCUT2D eigenvalue weighted by atomic mass is 16.6. The number of nitro groups is 1. The predicted molar refractivity (Wildman–Crippen MR) is 70.7 cm³/mol. The predicted octanol–water partition coefficient (Wildman–Crippen LogP) is 2.28. The highest BCUT2D eigenvalue weighted by Crippen LogP contribution is 2.31. The molecule has 2 aromatic rings. The van der Waals surface area contributed by atoms with Gasteiger partial charge in [0.2, 0.25) is 0 Å². The Hall–Kier alpha value is -2.70. The number of methoxy groups -OCH3 is 1. The third kappa shape index (κ3) is 3.19. The first-order valence-electron chi connectivity index (χ1n) is 5.83.